The van der Waals surface area contributed by atoms with Crippen LogP contribution in [0, 0.1) is 5.82 Å². The number of urea groups is 1. The second-order valence-electron chi connectivity index (χ2n) is 6.69. The molecule has 0 bridgehead atoms. The lowest BCUT2D eigenvalue weighted by Gasteiger charge is -2.34. The lowest BCUT2D eigenvalue weighted by atomic mass is 9.99. The van der Waals surface area contributed by atoms with E-state index in [2.05, 4.69) is 15.6 Å². The van der Waals surface area contributed by atoms with E-state index >= 15 is 0 Å². The minimum absolute atomic E-state index is 0.211. The van der Waals surface area contributed by atoms with E-state index in [1.165, 1.54) is 23.1 Å². The zero-order chi connectivity index (χ0) is 22.1. The first-order valence-electron chi connectivity index (χ1n) is 8.91. The summed E-state index contributed by atoms with van der Waals surface area (Å²) in [4.78, 5) is 29.4. The third-order valence-corrected chi connectivity index (χ3v) is 5.00. The molecule has 0 spiro atoms. The second-order valence-corrected chi connectivity index (χ2v) is 7.10. The largest absolute Gasteiger partial charge is 0.433 e. The van der Waals surface area contributed by atoms with E-state index in [-0.39, 0.29) is 29.6 Å². The topological polar surface area (TPSA) is 74.3 Å². The van der Waals surface area contributed by atoms with Crippen LogP contribution in [0.4, 0.5) is 22.4 Å². The lowest BCUT2D eigenvalue weighted by Crippen LogP contribution is -2.58. The maximum absolute atomic E-state index is 13.6. The summed E-state index contributed by atoms with van der Waals surface area (Å²) in [7, 11) is 0. The second kappa shape index (κ2) is 8.47. The molecule has 3 amide bonds. The normalized spacial score (nSPS) is 18.0. The molecule has 160 valence electrons. The Bertz CT molecular complexity index is 953. The molecule has 2 aromatic rings. The summed E-state index contributed by atoms with van der Waals surface area (Å²) in [5, 5.41) is 5.10. The van der Waals surface area contributed by atoms with Gasteiger partial charge in [0.15, 0.2) is 0 Å². The number of carbonyl (C=O) groups is 2. The molecule has 1 aromatic heterocycles. The molecule has 30 heavy (non-hydrogen) atoms. The molecule has 0 saturated carbocycles. The number of carbonyl (C=O) groups excluding carboxylic acids is 2. The standard InChI is InChI=1S/C19H17ClF4N4O2/c1-10-17(29)25-6-7-28(10)18(30)27-16(11-2-4-14(21)13(20)8-11)12-3-5-15(26-9-12)19(22,23)24/h2-5,8-10,16H,6-7H2,1H3,(H,25,29)(H,27,30)/t10-,16?/m1/s1. The molecule has 1 aromatic carbocycles. The number of pyridine rings is 1. The zero-order valence-electron chi connectivity index (χ0n) is 15.6. The van der Waals surface area contributed by atoms with Gasteiger partial charge in [0.05, 0.1) is 11.1 Å². The number of alkyl halides is 3. The third-order valence-electron chi connectivity index (χ3n) is 4.71. The van der Waals surface area contributed by atoms with Crippen molar-refractivity contribution in [2.24, 2.45) is 0 Å². The molecule has 1 saturated heterocycles. The van der Waals surface area contributed by atoms with Crippen LogP contribution in [0.3, 0.4) is 0 Å². The highest BCUT2D eigenvalue weighted by molar-refractivity contribution is 6.30. The van der Waals surface area contributed by atoms with Gasteiger partial charge >= 0.3 is 12.2 Å². The van der Waals surface area contributed by atoms with Crippen LogP contribution in [0.2, 0.25) is 5.02 Å². The Hall–Kier alpha value is -2.88. The molecule has 1 unspecified atom stereocenters. The number of piperazine rings is 1. The first-order chi connectivity index (χ1) is 14.1. The zero-order valence-corrected chi connectivity index (χ0v) is 16.4. The van der Waals surface area contributed by atoms with Crippen LogP contribution in [0.15, 0.2) is 36.5 Å². The van der Waals surface area contributed by atoms with Gasteiger partial charge in [0, 0.05) is 19.3 Å². The summed E-state index contributed by atoms with van der Waals surface area (Å²) in [6.45, 7) is 2.07. The summed E-state index contributed by atoms with van der Waals surface area (Å²) in [6.07, 6.45) is -3.63. The number of hydrogen-bond donors (Lipinski definition) is 2. The molecular weight excluding hydrogens is 428 g/mol. The van der Waals surface area contributed by atoms with E-state index in [1.54, 1.807) is 6.92 Å². The van der Waals surface area contributed by atoms with Gasteiger partial charge in [-0.05, 0) is 36.2 Å². The van der Waals surface area contributed by atoms with Crippen molar-refractivity contribution in [1.82, 2.24) is 20.5 Å². The average Bonchev–Trinajstić information content (AvgIpc) is 2.69. The Morgan fingerprint density at radius 3 is 2.60 bits per heavy atom. The van der Waals surface area contributed by atoms with Crippen LogP contribution in [-0.4, -0.2) is 41.0 Å². The van der Waals surface area contributed by atoms with Crippen LogP contribution in [0.1, 0.15) is 29.8 Å². The van der Waals surface area contributed by atoms with Crippen molar-refractivity contribution in [3.63, 3.8) is 0 Å². The van der Waals surface area contributed by atoms with Crippen LogP contribution in [0.25, 0.3) is 0 Å². The van der Waals surface area contributed by atoms with Crippen molar-refractivity contribution < 1.29 is 27.2 Å². The Morgan fingerprint density at radius 2 is 2.00 bits per heavy atom. The summed E-state index contributed by atoms with van der Waals surface area (Å²) in [6, 6.07) is 3.36. The molecule has 0 aliphatic carbocycles. The molecule has 2 atom stereocenters. The van der Waals surface area contributed by atoms with Crippen molar-refractivity contribution in [2.45, 2.75) is 25.2 Å². The van der Waals surface area contributed by atoms with Crippen molar-refractivity contribution in [2.75, 3.05) is 13.1 Å². The number of aromatic nitrogens is 1. The van der Waals surface area contributed by atoms with E-state index in [4.69, 9.17) is 11.6 Å². The predicted molar refractivity (Wildman–Crippen MR) is 100 cm³/mol. The molecule has 11 heteroatoms. The molecule has 2 heterocycles. The smallest absolute Gasteiger partial charge is 0.353 e. The summed E-state index contributed by atoms with van der Waals surface area (Å²) >= 11 is 5.84. The lowest BCUT2D eigenvalue weighted by molar-refractivity contribution is -0.141. The average molecular weight is 445 g/mol. The van der Waals surface area contributed by atoms with Gasteiger partial charge in [-0.1, -0.05) is 23.7 Å². The van der Waals surface area contributed by atoms with Gasteiger partial charge in [-0.2, -0.15) is 13.2 Å². The number of rotatable bonds is 3. The van der Waals surface area contributed by atoms with Crippen LogP contribution in [0.5, 0.6) is 0 Å². The van der Waals surface area contributed by atoms with Gasteiger partial charge in [-0.3, -0.25) is 9.78 Å². The van der Waals surface area contributed by atoms with E-state index in [9.17, 15) is 27.2 Å². The number of nitrogens with one attached hydrogen (secondary N) is 2. The molecular formula is C19H17ClF4N4O2. The third kappa shape index (κ3) is 4.64. The number of amides is 3. The van der Waals surface area contributed by atoms with E-state index in [0.29, 0.717) is 5.56 Å². The molecule has 0 radical (unpaired) electrons. The highest BCUT2D eigenvalue weighted by Crippen LogP contribution is 2.30. The molecule has 3 rings (SSSR count). The van der Waals surface area contributed by atoms with Crippen molar-refractivity contribution in [1.29, 1.82) is 0 Å². The van der Waals surface area contributed by atoms with Crippen LogP contribution < -0.4 is 10.6 Å². The van der Waals surface area contributed by atoms with Gasteiger partial charge in [-0.15, -0.1) is 0 Å². The van der Waals surface area contributed by atoms with Gasteiger partial charge in [0.25, 0.3) is 0 Å². The predicted octanol–water partition coefficient (Wildman–Crippen LogP) is 3.51. The molecule has 1 aliphatic rings. The summed E-state index contributed by atoms with van der Waals surface area (Å²) in [5.74, 6) is -1.01. The fourth-order valence-electron chi connectivity index (χ4n) is 3.06. The van der Waals surface area contributed by atoms with Gasteiger partial charge in [0.2, 0.25) is 5.91 Å². The van der Waals surface area contributed by atoms with Crippen molar-refractivity contribution >= 4 is 23.5 Å². The maximum atomic E-state index is 13.6. The summed E-state index contributed by atoms with van der Waals surface area (Å²) < 4.78 is 52.1. The highest BCUT2D eigenvalue weighted by Gasteiger charge is 2.33. The quantitative estimate of drug-likeness (QED) is 0.711. The first-order valence-corrected chi connectivity index (χ1v) is 9.28. The van der Waals surface area contributed by atoms with Gasteiger partial charge in [-0.25, -0.2) is 9.18 Å². The Kier molecular flexibility index (Phi) is 6.16. The first kappa shape index (κ1) is 21.8. The number of halogens is 5. The summed E-state index contributed by atoms with van der Waals surface area (Å²) in [5.41, 5.74) is -0.520. The maximum Gasteiger partial charge on any atom is 0.433 e. The Balaban J connectivity index is 1.94. The van der Waals surface area contributed by atoms with E-state index in [1.807, 2.05) is 0 Å². The minimum Gasteiger partial charge on any atom is -0.353 e. The Morgan fingerprint density at radius 1 is 1.30 bits per heavy atom. The minimum atomic E-state index is -4.62. The van der Waals surface area contributed by atoms with Gasteiger partial charge < -0.3 is 15.5 Å². The fourth-order valence-corrected chi connectivity index (χ4v) is 3.25. The highest BCUT2D eigenvalue weighted by atomic mass is 35.5. The van der Waals surface area contributed by atoms with Crippen LogP contribution in [-0.2, 0) is 11.0 Å². The van der Waals surface area contributed by atoms with Crippen molar-refractivity contribution in [3.05, 3.63) is 64.2 Å². The molecule has 1 aliphatic heterocycles. The SMILES string of the molecule is C[C@@H]1C(=O)NCCN1C(=O)NC(c1ccc(C(F)(F)F)nc1)c1ccc(F)c(Cl)c1. The number of benzene rings is 1. The molecule has 2 N–H and O–H groups in total. The number of nitrogens with zero attached hydrogens (tertiary/aromatic N) is 2. The van der Waals surface area contributed by atoms with Crippen molar-refractivity contribution in [3.8, 4) is 0 Å². The van der Waals surface area contributed by atoms with Crippen LogP contribution >= 0.6 is 11.6 Å². The van der Waals surface area contributed by atoms with E-state index < -0.39 is 35.8 Å². The Labute approximate surface area is 174 Å². The molecule has 1 fully saturated rings. The monoisotopic (exact) mass is 444 g/mol. The number of hydrogen-bond acceptors (Lipinski definition) is 3. The molecule has 6 nitrogen and oxygen atoms in total. The van der Waals surface area contributed by atoms with E-state index in [0.717, 1.165) is 18.3 Å². The van der Waals surface area contributed by atoms with Gasteiger partial charge in [0.1, 0.15) is 17.6 Å². The fraction of sp³-hybridized carbons (Fsp3) is 0.316.